The molecule has 1 saturated heterocycles. The van der Waals surface area contributed by atoms with Crippen molar-refractivity contribution >= 4 is 0 Å². The molecule has 1 aliphatic rings. The second kappa shape index (κ2) is 7.24. The smallest absolute Gasteiger partial charge is 0.0888 e. The number of unbranched alkanes of at least 4 members (excludes halogenated alkanes) is 4. The van der Waals surface area contributed by atoms with E-state index >= 15 is 0 Å². The zero-order chi connectivity index (χ0) is 11.0. The maximum absolute atomic E-state index is 5.51. The van der Waals surface area contributed by atoms with Crippen molar-refractivity contribution in [2.75, 3.05) is 19.8 Å². The molecule has 0 aromatic rings. The molecule has 0 aromatic heterocycles. The highest BCUT2D eigenvalue weighted by Crippen LogP contribution is 2.31. The Balaban J connectivity index is 1.70. The van der Waals surface area contributed by atoms with Gasteiger partial charge in [-0.05, 0) is 26.2 Å². The molecule has 1 fully saturated rings. The van der Waals surface area contributed by atoms with Gasteiger partial charge in [-0.2, -0.15) is 0 Å². The average Bonchev–Trinajstić information content (AvgIpc) is 2.95. The van der Waals surface area contributed by atoms with Gasteiger partial charge in [0.2, 0.25) is 0 Å². The summed E-state index contributed by atoms with van der Waals surface area (Å²) in [5.74, 6) is 0. The summed E-state index contributed by atoms with van der Waals surface area (Å²) in [6.07, 6.45) is 8.85. The van der Waals surface area contributed by atoms with Crippen molar-refractivity contribution in [2.24, 2.45) is 0 Å². The molecule has 1 unspecified atom stereocenters. The van der Waals surface area contributed by atoms with Gasteiger partial charge in [0, 0.05) is 13.2 Å². The van der Waals surface area contributed by atoms with Gasteiger partial charge in [-0.15, -0.1) is 0 Å². The minimum Gasteiger partial charge on any atom is -0.381 e. The van der Waals surface area contributed by atoms with Crippen LogP contribution in [0.3, 0.4) is 0 Å². The summed E-state index contributed by atoms with van der Waals surface area (Å²) >= 11 is 0. The second-order valence-corrected chi connectivity index (χ2v) is 4.87. The lowest BCUT2D eigenvalue weighted by molar-refractivity contribution is 0.127. The van der Waals surface area contributed by atoms with Gasteiger partial charge >= 0.3 is 0 Å². The molecule has 0 saturated carbocycles. The highest BCUT2D eigenvalue weighted by molar-refractivity contribution is 4.86. The van der Waals surface area contributed by atoms with E-state index in [-0.39, 0.29) is 5.60 Å². The molecule has 0 N–H and O–H groups in total. The Labute approximate surface area is 94.3 Å². The van der Waals surface area contributed by atoms with E-state index in [4.69, 9.17) is 9.47 Å². The van der Waals surface area contributed by atoms with Gasteiger partial charge in [0.1, 0.15) is 0 Å². The number of hydrogen-bond acceptors (Lipinski definition) is 2. The minimum atomic E-state index is 0.262. The van der Waals surface area contributed by atoms with Crippen LogP contribution in [-0.2, 0) is 9.47 Å². The molecular formula is C13H26O2. The maximum Gasteiger partial charge on any atom is 0.0888 e. The standard InChI is InChI=1S/C13H26O2/c1-3-4-10-14-11-8-6-5-7-9-13(2)12-15-13/h3-12H2,1-2H3. The summed E-state index contributed by atoms with van der Waals surface area (Å²) in [4.78, 5) is 0. The molecule has 2 heteroatoms. The molecule has 0 aromatic carbocycles. The van der Waals surface area contributed by atoms with Crippen LogP contribution >= 0.6 is 0 Å². The fraction of sp³-hybridized carbons (Fsp3) is 1.00. The number of hydrogen-bond donors (Lipinski definition) is 0. The normalized spacial score (nSPS) is 24.4. The summed E-state index contributed by atoms with van der Waals surface area (Å²) in [6.45, 7) is 7.29. The highest BCUT2D eigenvalue weighted by Gasteiger charge is 2.37. The summed E-state index contributed by atoms with van der Waals surface area (Å²) in [7, 11) is 0. The van der Waals surface area contributed by atoms with Gasteiger partial charge < -0.3 is 9.47 Å². The predicted octanol–water partition coefficient (Wildman–Crippen LogP) is 3.54. The maximum atomic E-state index is 5.51. The molecule has 1 heterocycles. The molecule has 1 rings (SSSR count). The van der Waals surface area contributed by atoms with Gasteiger partial charge in [0.25, 0.3) is 0 Å². The van der Waals surface area contributed by atoms with Gasteiger partial charge in [-0.1, -0.05) is 32.6 Å². The number of epoxide rings is 1. The number of rotatable bonds is 10. The van der Waals surface area contributed by atoms with Crippen LogP contribution in [0, 0.1) is 0 Å². The van der Waals surface area contributed by atoms with Crippen LogP contribution in [0.2, 0.25) is 0 Å². The lowest BCUT2D eigenvalue weighted by Gasteiger charge is -2.05. The van der Waals surface area contributed by atoms with Crippen LogP contribution in [0.5, 0.6) is 0 Å². The first-order valence-corrected chi connectivity index (χ1v) is 6.48. The molecule has 0 spiro atoms. The third-order valence-corrected chi connectivity index (χ3v) is 3.02. The Kier molecular flexibility index (Phi) is 6.26. The molecule has 1 aliphatic heterocycles. The molecule has 90 valence electrons. The van der Waals surface area contributed by atoms with Crippen molar-refractivity contribution in [3.05, 3.63) is 0 Å². The molecule has 2 nitrogen and oxygen atoms in total. The van der Waals surface area contributed by atoms with Gasteiger partial charge in [-0.25, -0.2) is 0 Å². The lowest BCUT2D eigenvalue weighted by Crippen LogP contribution is -2.03. The van der Waals surface area contributed by atoms with E-state index in [0.29, 0.717) is 0 Å². The molecule has 0 amide bonds. The summed E-state index contributed by atoms with van der Waals surface area (Å²) in [5.41, 5.74) is 0.262. The SMILES string of the molecule is CCCCOCCCCCCC1(C)CO1. The minimum absolute atomic E-state index is 0.262. The highest BCUT2D eigenvalue weighted by atomic mass is 16.6. The Morgan fingerprint density at radius 2 is 1.73 bits per heavy atom. The van der Waals surface area contributed by atoms with Crippen molar-refractivity contribution < 1.29 is 9.47 Å². The molecular weight excluding hydrogens is 188 g/mol. The first-order valence-electron chi connectivity index (χ1n) is 6.48. The quantitative estimate of drug-likeness (QED) is 0.410. The van der Waals surface area contributed by atoms with Crippen LogP contribution in [0.15, 0.2) is 0 Å². The molecule has 0 aliphatic carbocycles. The molecule has 1 atom stereocenters. The first kappa shape index (κ1) is 13.0. The van der Waals surface area contributed by atoms with Crippen LogP contribution in [0.4, 0.5) is 0 Å². The second-order valence-electron chi connectivity index (χ2n) is 4.87. The molecule has 15 heavy (non-hydrogen) atoms. The summed E-state index contributed by atoms with van der Waals surface area (Å²) in [6, 6.07) is 0. The van der Waals surface area contributed by atoms with E-state index in [1.54, 1.807) is 0 Å². The summed E-state index contributed by atoms with van der Waals surface area (Å²) < 4.78 is 10.9. The van der Waals surface area contributed by atoms with Crippen molar-refractivity contribution in [3.63, 3.8) is 0 Å². The molecule has 0 bridgehead atoms. The lowest BCUT2D eigenvalue weighted by atomic mass is 10.0. The van der Waals surface area contributed by atoms with Crippen LogP contribution < -0.4 is 0 Å². The van der Waals surface area contributed by atoms with Crippen LogP contribution in [0.25, 0.3) is 0 Å². The van der Waals surface area contributed by atoms with E-state index in [1.165, 1.54) is 44.9 Å². The average molecular weight is 214 g/mol. The van der Waals surface area contributed by atoms with Gasteiger partial charge in [-0.3, -0.25) is 0 Å². The third-order valence-electron chi connectivity index (χ3n) is 3.02. The van der Waals surface area contributed by atoms with Crippen LogP contribution in [-0.4, -0.2) is 25.4 Å². The largest absolute Gasteiger partial charge is 0.381 e. The van der Waals surface area contributed by atoms with E-state index in [1.807, 2.05) is 0 Å². The van der Waals surface area contributed by atoms with Crippen molar-refractivity contribution in [3.8, 4) is 0 Å². The van der Waals surface area contributed by atoms with Crippen molar-refractivity contribution in [2.45, 2.75) is 64.4 Å². The third kappa shape index (κ3) is 6.91. The monoisotopic (exact) mass is 214 g/mol. The number of ether oxygens (including phenoxy) is 2. The van der Waals surface area contributed by atoms with Gasteiger partial charge in [0.05, 0.1) is 12.2 Å². The predicted molar refractivity (Wildman–Crippen MR) is 63.2 cm³/mol. The van der Waals surface area contributed by atoms with Crippen LogP contribution in [0.1, 0.15) is 58.8 Å². The van der Waals surface area contributed by atoms with E-state index in [0.717, 1.165) is 19.8 Å². The zero-order valence-corrected chi connectivity index (χ0v) is 10.4. The summed E-state index contributed by atoms with van der Waals surface area (Å²) in [5, 5.41) is 0. The zero-order valence-electron chi connectivity index (χ0n) is 10.4. The fourth-order valence-corrected chi connectivity index (χ4v) is 1.67. The Morgan fingerprint density at radius 1 is 1.07 bits per heavy atom. The van der Waals surface area contributed by atoms with Crippen molar-refractivity contribution in [1.82, 2.24) is 0 Å². The van der Waals surface area contributed by atoms with E-state index in [2.05, 4.69) is 13.8 Å². The van der Waals surface area contributed by atoms with E-state index in [9.17, 15) is 0 Å². The van der Waals surface area contributed by atoms with Gasteiger partial charge in [0.15, 0.2) is 0 Å². The topological polar surface area (TPSA) is 21.8 Å². The van der Waals surface area contributed by atoms with Crippen molar-refractivity contribution in [1.29, 1.82) is 0 Å². The Bertz CT molecular complexity index is 153. The first-order chi connectivity index (χ1) is 7.27. The van der Waals surface area contributed by atoms with E-state index < -0.39 is 0 Å². The fourth-order valence-electron chi connectivity index (χ4n) is 1.67. The molecule has 0 radical (unpaired) electrons. The Morgan fingerprint density at radius 3 is 2.40 bits per heavy atom. The Hall–Kier alpha value is -0.0800.